The molecule has 4 rings (SSSR count). The van der Waals surface area contributed by atoms with Crippen LogP contribution in [0.1, 0.15) is 36.3 Å². The summed E-state index contributed by atoms with van der Waals surface area (Å²) < 4.78 is 20.1. The van der Waals surface area contributed by atoms with Gasteiger partial charge in [-0.25, -0.2) is 9.37 Å². The third-order valence-electron chi connectivity index (χ3n) is 5.19. The van der Waals surface area contributed by atoms with Crippen molar-refractivity contribution in [3.63, 3.8) is 0 Å². The zero-order valence-corrected chi connectivity index (χ0v) is 17.8. The first kappa shape index (κ1) is 20.5. The number of aromatic nitrogens is 3. The number of benzene rings is 1. The minimum Gasteiger partial charge on any atom is -0.368 e. The monoisotopic (exact) mass is 429 g/mol. The van der Waals surface area contributed by atoms with Gasteiger partial charge in [0.2, 0.25) is 5.91 Å². The number of amides is 1. The summed E-state index contributed by atoms with van der Waals surface area (Å²) in [6.07, 6.45) is 2.28. The summed E-state index contributed by atoms with van der Waals surface area (Å²) in [6, 6.07) is 4.91. The number of hydrogen-bond donors (Lipinski definition) is 1. The molecule has 0 bridgehead atoms. The Bertz CT molecular complexity index is 1030. The lowest BCUT2D eigenvalue weighted by Gasteiger charge is -2.34. The van der Waals surface area contributed by atoms with E-state index >= 15 is 0 Å². The van der Waals surface area contributed by atoms with Gasteiger partial charge in [0.15, 0.2) is 5.82 Å². The molecule has 0 radical (unpaired) electrons. The number of nitrogens with zero attached hydrogens (tertiary/aromatic N) is 4. The number of carbonyl (C=O) groups excluding carboxylic acids is 1. The van der Waals surface area contributed by atoms with Gasteiger partial charge in [-0.05, 0) is 38.0 Å². The minimum absolute atomic E-state index is 0.0115. The molecule has 2 aromatic heterocycles. The Labute approximate surface area is 178 Å². The normalized spacial score (nSPS) is 16.6. The molecule has 0 saturated carbocycles. The lowest BCUT2D eigenvalue weighted by Crippen LogP contribution is -2.43. The fourth-order valence-corrected chi connectivity index (χ4v) is 4.32. The van der Waals surface area contributed by atoms with Gasteiger partial charge in [-0.1, -0.05) is 12.1 Å². The maximum atomic E-state index is 14.9. The van der Waals surface area contributed by atoms with E-state index in [0.717, 1.165) is 23.5 Å². The number of piperidine rings is 1. The van der Waals surface area contributed by atoms with E-state index in [1.165, 1.54) is 17.4 Å². The molecule has 3 heterocycles. The van der Waals surface area contributed by atoms with Crippen LogP contribution < -0.4 is 10.2 Å². The van der Waals surface area contributed by atoms with Crippen LogP contribution in [0.5, 0.6) is 0 Å². The number of anilines is 1. The van der Waals surface area contributed by atoms with Crippen LogP contribution in [-0.2, 0) is 17.8 Å². The van der Waals surface area contributed by atoms with Crippen LogP contribution in [0.2, 0.25) is 0 Å². The largest absolute Gasteiger partial charge is 0.368 e. The van der Waals surface area contributed by atoms with Gasteiger partial charge in [-0.15, -0.1) is 11.3 Å². The number of aryl methyl sites for hydroxylation is 2. The average molecular weight is 430 g/mol. The Morgan fingerprint density at radius 3 is 2.97 bits per heavy atom. The first-order chi connectivity index (χ1) is 14.5. The van der Waals surface area contributed by atoms with E-state index in [1.54, 1.807) is 12.1 Å². The first-order valence-electron chi connectivity index (χ1n) is 10.1. The van der Waals surface area contributed by atoms with Crippen molar-refractivity contribution in [3.8, 4) is 11.5 Å². The Kier molecular flexibility index (Phi) is 6.08. The van der Waals surface area contributed by atoms with E-state index < -0.39 is 0 Å². The van der Waals surface area contributed by atoms with Crippen molar-refractivity contribution in [3.05, 3.63) is 45.9 Å². The molecule has 30 heavy (non-hydrogen) atoms. The second-order valence-electron chi connectivity index (χ2n) is 7.42. The van der Waals surface area contributed by atoms with E-state index in [-0.39, 0.29) is 17.6 Å². The van der Waals surface area contributed by atoms with Gasteiger partial charge in [0, 0.05) is 36.1 Å². The zero-order chi connectivity index (χ0) is 21.1. The van der Waals surface area contributed by atoms with Gasteiger partial charge in [-0.3, -0.25) is 4.79 Å². The third kappa shape index (κ3) is 4.51. The van der Waals surface area contributed by atoms with Gasteiger partial charge < -0.3 is 14.7 Å². The maximum Gasteiger partial charge on any atom is 0.258 e. The summed E-state index contributed by atoms with van der Waals surface area (Å²) in [5.74, 6) is 0.352. The summed E-state index contributed by atoms with van der Waals surface area (Å²) >= 11 is 1.54. The molecular weight excluding hydrogens is 405 g/mol. The number of rotatable bonds is 6. The molecule has 1 aromatic carbocycles. The summed E-state index contributed by atoms with van der Waals surface area (Å²) in [7, 11) is 0. The predicted molar refractivity (Wildman–Crippen MR) is 113 cm³/mol. The molecule has 7 nitrogen and oxygen atoms in total. The summed E-state index contributed by atoms with van der Waals surface area (Å²) in [5.41, 5.74) is 1.99. The number of hydrogen-bond acceptors (Lipinski definition) is 7. The molecule has 3 aromatic rings. The molecule has 1 saturated heterocycles. The van der Waals surface area contributed by atoms with Crippen molar-refractivity contribution in [2.24, 2.45) is 5.92 Å². The maximum absolute atomic E-state index is 14.9. The second kappa shape index (κ2) is 8.91. The van der Waals surface area contributed by atoms with E-state index in [4.69, 9.17) is 4.52 Å². The minimum atomic E-state index is -0.358. The van der Waals surface area contributed by atoms with Crippen LogP contribution in [0.3, 0.4) is 0 Å². The van der Waals surface area contributed by atoms with Crippen molar-refractivity contribution in [2.45, 2.75) is 39.7 Å². The highest BCUT2D eigenvalue weighted by Crippen LogP contribution is 2.29. The van der Waals surface area contributed by atoms with Crippen molar-refractivity contribution >= 4 is 22.9 Å². The fraction of sp³-hybridized carbons (Fsp3) is 0.429. The van der Waals surface area contributed by atoms with Crippen molar-refractivity contribution in [2.75, 3.05) is 18.0 Å². The lowest BCUT2D eigenvalue weighted by atomic mass is 9.96. The van der Waals surface area contributed by atoms with Gasteiger partial charge in [-0.2, -0.15) is 4.98 Å². The van der Waals surface area contributed by atoms with Crippen molar-refractivity contribution < 1.29 is 13.7 Å². The molecule has 1 aliphatic heterocycles. The summed E-state index contributed by atoms with van der Waals surface area (Å²) in [4.78, 5) is 23.2. The molecule has 9 heteroatoms. The van der Waals surface area contributed by atoms with Crippen molar-refractivity contribution in [1.29, 1.82) is 0 Å². The molecule has 1 amide bonds. The van der Waals surface area contributed by atoms with Crippen LogP contribution in [0.25, 0.3) is 11.5 Å². The highest BCUT2D eigenvalue weighted by atomic mass is 32.1. The summed E-state index contributed by atoms with van der Waals surface area (Å²) in [5, 5.41) is 9.68. The molecule has 0 aliphatic carbocycles. The van der Waals surface area contributed by atoms with E-state index in [9.17, 15) is 9.18 Å². The third-order valence-corrected chi connectivity index (χ3v) is 6.16. The van der Waals surface area contributed by atoms with Crippen LogP contribution >= 0.6 is 11.3 Å². The Morgan fingerprint density at radius 2 is 2.27 bits per heavy atom. The number of halogens is 1. The van der Waals surface area contributed by atoms with Crippen LogP contribution in [0.15, 0.2) is 28.1 Å². The van der Waals surface area contributed by atoms with Gasteiger partial charge >= 0.3 is 0 Å². The number of thiazole rings is 1. The lowest BCUT2D eigenvalue weighted by molar-refractivity contribution is -0.125. The van der Waals surface area contributed by atoms with Crippen LogP contribution in [-0.4, -0.2) is 34.1 Å². The van der Waals surface area contributed by atoms with E-state index in [2.05, 4.69) is 20.4 Å². The molecule has 1 atom stereocenters. The Morgan fingerprint density at radius 1 is 1.40 bits per heavy atom. The van der Waals surface area contributed by atoms with E-state index in [1.807, 2.05) is 24.1 Å². The SMILES string of the molecule is CCc1noc(-c2ccc(N3CCCC(C(=O)NCc4nc(C)cs4)C3)c(F)c2)n1. The average Bonchev–Trinajstić information content (AvgIpc) is 3.41. The standard InChI is InChI=1S/C21H24FN5O2S/c1-3-18-25-21(29-26-18)14-6-7-17(16(22)9-14)27-8-4-5-15(11-27)20(28)23-10-19-24-13(2)12-30-19/h6-7,9,12,15H,3-5,8,10-11H2,1-2H3,(H,23,28). The topological polar surface area (TPSA) is 84.2 Å². The molecular formula is C21H24FN5O2S. The number of carbonyl (C=O) groups is 1. The smallest absolute Gasteiger partial charge is 0.258 e. The molecule has 1 aliphatic rings. The van der Waals surface area contributed by atoms with Gasteiger partial charge in [0.1, 0.15) is 10.8 Å². The Hall–Kier alpha value is -2.81. The van der Waals surface area contributed by atoms with Crippen LogP contribution in [0.4, 0.5) is 10.1 Å². The van der Waals surface area contributed by atoms with E-state index in [0.29, 0.717) is 49.0 Å². The molecule has 1 unspecified atom stereocenters. The zero-order valence-electron chi connectivity index (χ0n) is 17.0. The number of nitrogens with one attached hydrogen (secondary N) is 1. The highest BCUT2D eigenvalue weighted by Gasteiger charge is 2.27. The highest BCUT2D eigenvalue weighted by molar-refractivity contribution is 7.09. The Balaban J connectivity index is 1.41. The second-order valence-corrected chi connectivity index (χ2v) is 8.36. The predicted octanol–water partition coefficient (Wildman–Crippen LogP) is 3.74. The van der Waals surface area contributed by atoms with Gasteiger partial charge in [0.05, 0.1) is 18.2 Å². The first-order valence-corrected chi connectivity index (χ1v) is 11.0. The fourth-order valence-electron chi connectivity index (χ4n) is 3.61. The molecule has 1 fully saturated rings. The van der Waals surface area contributed by atoms with Gasteiger partial charge in [0.25, 0.3) is 5.89 Å². The molecule has 158 valence electrons. The summed E-state index contributed by atoms with van der Waals surface area (Å²) in [6.45, 7) is 5.49. The van der Waals surface area contributed by atoms with Crippen LogP contribution in [0, 0.1) is 18.7 Å². The van der Waals surface area contributed by atoms with Crippen molar-refractivity contribution in [1.82, 2.24) is 20.4 Å². The quantitative estimate of drug-likeness (QED) is 0.643. The molecule has 1 N–H and O–H groups in total. The molecule has 0 spiro atoms.